The molecule has 2 aliphatic heterocycles. The molecule has 4 aliphatic rings. The highest BCUT2D eigenvalue weighted by Gasteiger charge is 2.51. The molecule has 0 aromatic carbocycles. The molecule has 4 atom stereocenters. The van der Waals surface area contributed by atoms with Crippen LogP contribution < -0.4 is 0 Å². The first-order chi connectivity index (χ1) is 8.85. The molecule has 2 heteroatoms. The smallest absolute Gasteiger partial charge is 0.161 e. The van der Waals surface area contributed by atoms with E-state index >= 15 is 0 Å². The van der Waals surface area contributed by atoms with Crippen molar-refractivity contribution in [2.24, 2.45) is 11.8 Å². The summed E-state index contributed by atoms with van der Waals surface area (Å²) in [6.45, 7) is 0. The van der Waals surface area contributed by atoms with Crippen molar-refractivity contribution in [3.05, 3.63) is 0 Å². The highest BCUT2D eigenvalue weighted by Crippen LogP contribution is 2.51. The highest BCUT2D eigenvalue weighted by molar-refractivity contribution is 4.97. The van der Waals surface area contributed by atoms with Gasteiger partial charge < -0.3 is 9.47 Å². The summed E-state index contributed by atoms with van der Waals surface area (Å²) in [6, 6.07) is 0. The molecule has 4 fully saturated rings. The number of rotatable bonds is 0. The summed E-state index contributed by atoms with van der Waals surface area (Å²) < 4.78 is 12.7. The van der Waals surface area contributed by atoms with Crippen LogP contribution >= 0.6 is 0 Å². The third-order valence-electron chi connectivity index (χ3n) is 5.90. The van der Waals surface area contributed by atoms with E-state index in [0.29, 0.717) is 12.0 Å². The van der Waals surface area contributed by atoms with E-state index in [1.807, 2.05) is 0 Å². The van der Waals surface area contributed by atoms with Crippen LogP contribution in [0.1, 0.15) is 70.6 Å². The van der Waals surface area contributed by atoms with Crippen LogP contribution in [0.5, 0.6) is 0 Å². The second-order valence-corrected chi connectivity index (χ2v) is 7.15. The average molecular weight is 250 g/mol. The van der Waals surface area contributed by atoms with Crippen LogP contribution in [0.3, 0.4) is 0 Å². The van der Waals surface area contributed by atoms with Crippen LogP contribution in [-0.4, -0.2) is 18.0 Å². The Morgan fingerprint density at radius 1 is 0.833 bits per heavy atom. The summed E-state index contributed by atoms with van der Waals surface area (Å²) in [5.74, 6) is 1.56. The minimum atomic E-state index is 0.155. The van der Waals surface area contributed by atoms with Crippen molar-refractivity contribution < 1.29 is 9.47 Å². The number of fused-ring (bicyclic) bond motifs is 2. The Labute approximate surface area is 110 Å². The predicted molar refractivity (Wildman–Crippen MR) is 70.2 cm³/mol. The second-order valence-electron chi connectivity index (χ2n) is 7.15. The summed E-state index contributed by atoms with van der Waals surface area (Å²) in [5, 5.41) is 0. The molecule has 2 nitrogen and oxygen atoms in total. The van der Waals surface area contributed by atoms with Gasteiger partial charge in [0.25, 0.3) is 0 Å². The summed E-state index contributed by atoms with van der Waals surface area (Å²) >= 11 is 0. The predicted octanol–water partition coefficient (Wildman–Crippen LogP) is 4.03. The van der Waals surface area contributed by atoms with E-state index in [1.54, 1.807) is 0 Å². The van der Waals surface area contributed by atoms with Gasteiger partial charge in [-0.25, -0.2) is 0 Å². The van der Waals surface area contributed by atoms with E-state index in [2.05, 4.69) is 0 Å². The fourth-order valence-electron chi connectivity index (χ4n) is 5.00. The minimum absolute atomic E-state index is 0.155. The first-order valence-corrected chi connectivity index (χ1v) is 8.18. The zero-order chi connectivity index (χ0) is 12.0. The van der Waals surface area contributed by atoms with Crippen molar-refractivity contribution in [2.75, 3.05) is 0 Å². The standard InChI is InChI=1S/C16H26O2/c1-4-8-16(9-5-1)11-13-10-12-6-2-3-7-14(12)17-15(13)18-16/h12-15H,1-11H2/t12-,13+,14+,15-/m0/s1. The molecule has 0 aromatic rings. The van der Waals surface area contributed by atoms with Crippen LogP contribution in [0.2, 0.25) is 0 Å². The SMILES string of the molecule is C1CCC2(CC1)C[C@H]1C[C@@H]3CCCC[C@H]3O[C@H]1O2. The Balaban J connectivity index is 1.48. The molecule has 0 radical (unpaired) electrons. The van der Waals surface area contributed by atoms with Crippen LogP contribution in [0.15, 0.2) is 0 Å². The molecule has 0 unspecified atom stereocenters. The molecule has 18 heavy (non-hydrogen) atoms. The first kappa shape index (κ1) is 11.7. The normalized spacial score (nSPS) is 46.7. The zero-order valence-electron chi connectivity index (χ0n) is 11.4. The molecule has 0 bridgehead atoms. The van der Waals surface area contributed by atoms with Gasteiger partial charge in [0.2, 0.25) is 0 Å². The highest BCUT2D eigenvalue weighted by atomic mass is 16.7. The van der Waals surface area contributed by atoms with E-state index in [0.717, 1.165) is 5.92 Å². The molecule has 102 valence electrons. The Kier molecular flexibility index (Phi) is 2.92. The van der Waals surface area contributed by atoms with E-state index in [-0.39, 0.29) is 11.9 Å². The molecule has 0 amide bonds. The average Bonchev–Trinajstić information content (AvgIpc) is 2.73. The lowest BCUT2D eigenvalue weighted by Crippen LogP contribution is -2.41. The number of hydrogen-bond acceptors (Lipinski definition) is 2. The van der Waals surface area contributed by atoms with Gasteiger partial charge in [-0.05, 0) is 44.4 Å². The van der Waals surface area contributed by atoms with Crippen molar-refractivity contribution in [2.45, 2.75) is 88.6 Å². The summed E-state index contributed by atoms with van der Waals surface area (Å²) in [6.07, 6.45) is 15.6. The maximum atomic E-state index is 6.42. The quantitative estimate of drug-likeness (QED) is 0.646. The number of ether oxygens (including phenoxy) is 2. The maximum absolute atomic E-state index is 6.42. The monoisotopic (exact) mass is 250 g/mol. The number of hydrogen-bond donors (Lipinski definition) is 0. The molecule has 2 heterocycles. The fraction of sp³-hybridized carbons (Fsp3) is 1.00. The first-order valence-electron chi connectivity index (χ1n) is 8.18. The topological polar surface area (TPSA) is 18.5 Å². The van der Waals surface area contributed by atoms with E-state index in [1.165, 1.54) is 70.6 Å². The van der Waals surface area contributed by atoms with Gasteiger partial charge >= 0.3 is 0 Å². The van der Waals surface area contributed by atoms with Gasteiger partial charge in [-0.1, -0.05) is 32.1 Å². The molecule has 2 saturated heterocycles. The van der Waals surface area contributed by atoms with Crippen molar-refractivity contribution in [3.63, 3.8) is 0 Å². The third-order valence-corrected chi connectivity index (χ3v) is 5.90. The van der Waals surface area contributed by atoms with Crippen molar-refractivity contribution in [3.8, 4) is 0 Å². The van der Waals surface area contributed by atoms with Gasteiger partial charge in [0.15, 0.2) is 6.29 Å². The zero-order valence-corrected chi connectivity index (χ0v) is 11.4. The van der Waals surface area contributed by atoms with E-state index in [9.17, 15) is 0 Å². The lowest BCUT2D eigenvalue weighted by molar-refractivity contribution is -0.240. The summed E-state index contributed by atoms with van der Waals surface area (Å²) in [4.78, 5) is 0. The van der Waals surface area contributed by atoms with Gasteiger partial charge in [0.1, 0.15) is 0 Å². The van der Waals surface area contributed by atoms with E-state index < -0.39 is 0 Å². The molecule has 0 aromatic heterocycles. The molecule has 0 N–H and O–H groups in total. The molecule has 2 saturated carbocycles. The van der Waals surface area contributed by atoms with Crippen LogP contribution in [-0.2, 0) is 9.47 Å². The molecular weight excluding hydrogens is 224 g/mol. The van der Waals surface area contributed by atoms with Crippen LogP contribution in [0, 0.1) is 11.8 Å². The minimum Gasteiger partial charge on any atom is -0.349 e. The van der Waals surface area contributed by atoms with Crippen LogP contribution in [0.4, 0.5) is 0 Å². The summed E-state index contributed by atoms with van der Waals surface area (Å²) in [5.41, 5.74) is 0.223. The Bertz CT molecular complexity index is 284. The third kappa shape index (κ3) is 1.92. The molecule has 2 aliphatic carbocycles. The Morgan fingerprint density at radius 2 is 1.67 bits per heavy atom. The van der Waals surface area contributed by atoms with Gasteiger partial charge in [-0.2, -0.15) is 0 Å². The molecule has 4 rings (SSSR count). The van der Waals surface area contributed by atoms with Gasteiger partial charge in [0.05, 0.1) is 11.7 Å². The van der Waals surface area contributed by atoms with Gasteiger partial charge in [0, 0.05) is 5.92 Å². The van der Waals surface area contributed by atoms with Gasteiger partial charge in [-0.3, -0.25) is 0 Å². The lowest BCUT2D eigenvalue weighted by atomic mass is 9.74. The largest absolute Gasteiger partial charge is 0.349 e. The summed E-state index contributed by atoms with van der Waals surface area (Å²) in [7, 11) is 0. The Hall–Kier alpha value is -0.0800. The molecule has 1 spiro atoms. The van der Waals surface area contributed by atoms with E-state index in [4.69, 9.17) is 9.47 Å². The second kappa shape index (κ2) is 4.49. The van der Waals surface area contributed by atoms with Crippen LogP contribution in [0.25, 0.3) is 0 Å². The fourth-order valence-corrected chi connectivity index (χ4v) is 5.00. The van der Waals surface area contributed by atoms with Gasteiger partial charge in [-0.15, -0.1) is 0 Å². The van der Waals surface area contributed by atoms with Crippen molar-refractivity contribution in [1.29, 1.82) is 0 Å². The lowest BCUT2D eigenvalue weighted by Gasteiger charge is -2.40. The Morgan fingerprint density at radius 3 is 2.56 bits per heavy atom. The maximum Gasteiger partial charge on any atom is 0.161 e. The molecular formula is C16H26O2. The van der Waals surface area contributed by atoms with Crippen molar-refractivity contribution in [1.82, 2.24) is 0 Å². The van der Waals surface area contributed by atoms with Crippen molar-refractivity contribution >= 4 is 0 Å².